The van der Waals surface area contributed by atoms with E-state index < -0.39 is 0 Å². The summed E-state index contributed by atoms with van der Waals surface area (Å²) in [5, 5.41) is 19.2. The molecule has 0 aliphatic carbocycles. The van der Waals surface area contributed by atoms with Crippen molar-refractivity contribution >= 4 is 17.1 Å². The van der Waals surface area contributed by atoms with Crippen molar-refractivity contribution in [3.05, 3.63) is 59.9 Å². The summed E-state index contributed by atoms with van der Waals surface area (Å²) in [6.45, 7) is 1.93. The van der Waals surface area contributed by atoms with Crippen molar-refractivity contribution in [2.45, 2.75) is 6.92 Å². The van der Waals surface area contributed by atoms with E-state index in [9.17, 15) is 4.79 Å². The molecule has 0 fully saturated rings. The molecule has 3 aromatic heterocycles. The summed E-state index contributed by atoms with van der Waals surface area (Å²) in [6.07, 6.45) is 3.37. The normalized spacial score (nSPS) is 11.0. The number of amides is 1. The Kier molecular flexibility index (Phi) is 3.50. The van der Waals surface area contributed by atoms with Gasteiger partial charge in [0.15, 0.2) is 0 Å². The van der Waals surface area contributed by atoms with E-state index in [1.165, 1.54) is 4.80 Å². The Morgan fingerprint density at radius 2 is 2.08 bits per heavy atom. The Morgan fingerprint density at radius 3 is 2.88 bits per heavy atom. The average Bonchev–Trinajstić information content (AvgIpc) is 3.23. The largest absolute Gasteiger partial charge is 0.322 e. The summed E-state index contributed by atoms with van der Waals surface area (Å²) in [5.41, 5.74) is 3.70. The molecule has 0 radical (unpaired) electrons. The van der Waals surface area contributed by atoms with Crippen LogP contribution in [0.2, 0.25) is 0 Å². The fourth-order valence-corrected chi connectivity index (χ4v) is 2.59. The molecule has 25 heavy (non-hydrogen) atoms. The van der Waals surface area contributed by atoms with E-state index in [4.69, 9.17) is 0 Å². The van der Waals surface area contributed by atoms with Crippen molar-refractivity contribution in [3.8, 4) is 11.4 Å². The highest BCUT2D eigenvalue weighted by atomic mass is 16.1. The minimum Gasteiger partial charge on any atom is -0.322 e. The predicted octanol–water partition coefficient (Wildman–Crippen LogP) is 2.09. The second kappa shape index (κ2) is 5.82. The molecule has 0 aliphatic rings. The molecular weight excluding hydrogens is 318 g/mol. The second-order valence-electron chi connectivity index (χ2n) is 5.68. The highest BCUT2D eigenvalue weighted by molar-refractivity contribution is 6.09. The zero-order valence-corrected chi connectivity index (χ0v) is 13.7. The number of nitrogens with one attached hydrogen (secondary N) is 1. The molecular formula is C17H15N7O. The van der Waals surface area contributed by atoms with Gasteiger partial charge in [-0.1, -0.05) is 18.2 Å². The zero-order chi connectivity index (χ0) is 17.4. The number of fused-ring (bicyclic) bond motifs is 1. The number of pyridine rings is 1. The van der Waals surface area contributed by atoms with Crippen LogP contribution in [0.1, 0.15) is 15.9 Å². The number of aryl methyl sites for hydroxylation is 2. The first-order valence-corrected chi connectivity index (χ1v) is 7.70. The van der Waals surface area contributed by atoms with E-state index in [1.54, 1.807) is 24.0 Å². The first-order valence-electron chi connectivity index (χ1n) is 7.70. The van der Waals surface area contributed by atoms with Crippen LogP contribution in [-0.4, -0.2) is 35.7 Å². The van der Waals surface area contributed by atoms with Crippen LogP contribution >= 0.6 is 0 Å². The minimum atomic E-state index is -0.214. The Morgan fingerprint density at radius 1 is 1.20 bits per heavy atom. The van der Waals surface area contributed by atoms with Crippen molar-refractivity contribution < 1.29 is 4.79 Å². The molecule has 1 N–H and O–H groups in total. The van der Waals surface area contributed by atoms with Gasteiger partial charge in [-0.15, -0.1) is 10.2 Å². The van der Waals surface area contributed by atoms with E-state index in [0.717, 1.165) is 16.6 Å². The summed E-state index contributed by atoms with van der Waals surface area (Å²) in [6, 6.07) is 11.3. The van der Waals surface area contributed by atoms with Gasteiger partial charge in [0.05, 0.1) is 24.3 Å². The average molecular weight is 333 g/mol. The standard InChI is InChI=1S/C17H15N7O/c1-11-6-7-12(16-20-22-23(2)21-16)9-14(11)19-17(25)13-10-18-24-8-4-3-5-15(13)24/h3-10H,1-2H3,(H,19,25). The quantitative estimate of drug-likeness (QED) is 0.620. The monoisotopic (exact) mass is 333 g/mol. The van der Waals surface area contributed by atoms with E-state index in [2.05, 4.69) is 25.8 Å². The third-order valence-corrected chi connectivity index (χ3v) is 3.92. The van der Waals surface area contributed by atoms with E-state index in [1.807, 2.05) is 43.3 Å². The van der Waals surface area contributed by atoms with Crippen LogP contribution in [0.4, 0.5) is 5.69 Å². The third kappa shape index (κ3) is 2.74. The lowest BCUT2D eigenvalue weighted by Gasteiger charge is -2.09. The topological polar surface area (TPSA) is 90.0 Å². The van der Waals surface area contributed by atoms with Gasteiger partial charge in [0.25, 0.3) is 5.91 Å². The van der Waals surface area contributed by atoms with Crippen molar-refractivity contribution in [1.82, 2.24) is 29.8 Å². The maximum Gasteiger partial charge on any atom is 0.259 e. The Balaban J connectivity index is 1.67. The summed E-state index contributed by atoms with van der Waals surface area (Å²) < 4.78 is 1.67. The number of tetrazole rings is 1. The summed E-state index contributed by atoms with van der Waals surface area (Å²) in [7, 11) is 1.71. The molecule has 0 bridgehead atoms. The summed E-state index contributed by atoms with van der Waals surface area (Å²) in [4.78, 5) is 14.1. The number of carbonyl (C=O) groups excluding carboxylic acids is 1. The molecule has 0 saturated heterocycles. The number of nitrogens with zero attached hydrogens (tertiary/aromatic N) is 6. The van der Waals surface area contributed by atoms with Crippen LogP contribution < -0.4 is 5.32 Å². The van der Waals surface area contributed by atoms with Gasteiger partial charge in [-0.05, 0) is 35.9 Å². The van der Waals surface area contributed by atoms with Gasteiger partial charge in [0.2, 0.25) is 5.82 Å². The number of rotatable bonds is 3. The molecule has 124 valence electrons. The first kappa shape index (κ1) is 15.0. The Labute approximate surface area is 143 Å². The molecule has 1 amide bonds. The lowest BCUT2D eigenvalue weighted by atomic mass is 10.1. The van der Waals surface area contributed by atoms with Crippen LogP contribution in [0.25, 0.3) is 16.9 Å². The highest BCUT2D eigenvalue weighted by Crippen LogP contribution is 2.23. The van der Waals surface area contributed by atoms with E-state index in [0.29, 0.717) is 17.1 Å². The lowest BCUT2D eigenvalue weighted by molar-refractivity contribution is 0.102. The fourth-order valence-electron chi connectivity index (χ4n) is 2.59. The highest BCUT2D eigenvalue weighted by Gasteiger charge is 2.14. The molecule has 0 saturated carbocycles. The van der Waals surface area contributed by atoms with Crippen LogP contribution in [0.3, 0.4) is 0 Å². The molecule has 3 heterocycles. The summed E-state index contributed by atoms with van der Waals surface area (Å²) in [5.74, 6) is 0.294. The summed E-state index contributed by atoms with van der Waals surface area (Å²) >= 11 is 0. The number of carbonyl (C=O) groups is 1. The van der Waals surface area contributed by atoms with Crippen LogP contribution in [0.5, 0.6) is 0 Å². The molecule has 4 aromatic rings. The van der Waals surface area contributed by atoms with Gasteiger partial charge in [-0.25, -0.2) is 4.52 Å². The number of benzene rings is 1. The van der Waals surface area contributed by atoms with Gasteiger partial charge in [-0.3, -0.25) is 4.79 Å². The molecule has 8 heteroatoms. The zero-order valence-electron chi connectivity index (χ0n) is 13.7. The van der Waals surface area contributed by atoms with Gasteiger partial charge in [0.1, 0.15) is 0 Å². The first-order chi connectivity index (χ1) is 12.1. The van der Waals surface area contributed by atoms with Crippen molar-refractivity contribution in [2.24, 2.45) is 7.05 Å². The van der Waals surface area contributed by atoms with E-state index in [-0.39, 0.29) is 5.91 Å². The third-order valence-electron chi connectivity index (χ3n) is 3.92. The number of aromatic nitrogens is 6. The predicted molar refractivity (Wildman–Crippen MR) is 92.1 cm³/mol. The Hall–Kier alpha value is -3.55. The van der Waals surface area contributed by atoms with Crippen molar-refractivity contribution in [3.63, 3.8) is 0 Å². The molecule has 0 spiro atoms. The molecule has 8 nitrogen and oxygen atoms in total. The smallest absolute Gasteiger partial charge is 0.259 e. The molecule has 0 atom stereocenters. The maximum atomic E-state index is 12.7. The fraction of sp³-hybridized carbons (Fsp3) is 0.118. The van der Waals surface area contributed by atoms with E-state index >= 15 is 0 Å². The number of hydrogen-bond donors (Lipinski definition) is 1. The SMILES string of the molecule is Cc1ccc(-c2nnn(C)n2)cc1NC(=O)c1cnn2ccccc12. The van der Waals surface area contributed by atoms with Gasteiger partial charge in [-0.2, -0.15) is 9.90 Å². The number of anilines is 1. The molecule has 1 aromatic carbocycles. The molecule has 4 rings (SSSR count). The van der Waals surface area contributed by atoms with Gasteiger partial charge < -0.3 is 5.32 Å². The van der Waals surface area contributed by atoms with Crippen molar-refractivity contribution in [1.29, 1.82) is 0 Å². The maximum absolute atomic E-state index is 12.7. The minimum absolute atomic E-state index is 0.214. The molecule has 0 unspecified atom stereocenters. The van der Waals surface area contributed by atoms with Crippen LogP contribution in [-0.2, 0) is 7.05 Å². The van der Waals surface area contributed by atoms with Crippen LogP contribution in [0.15, 0.2) is 48.8 Å². The number of hydrogen-bond acceptors (Lipinski definition) is 5. The molecule has 0 aliphatic heterocycles. The Bertz CT molecular complexity index is 1080. The second-order valence-corrected chi connectivity index (χ2v) is 5.68. The van der Waals surface area contributed by atoms with Gasteiger partial charge in [0, 0.05) is 17.4 Å². The van der Waals surface area contributed by atoms with Crippen LogP contribution in [0, 0.1) is 6.92 Å². The van der Waals surface area contributed by atoms with Gasteiger partial charge >= 0.3 is 0 Å². The lowest BCUT2D eigenvalue weighted by Crippen LogP contribution is -2.12. The van der Waals surface area contributed by atoms with Crippen molar-refractivity contribution in [2.75, 3.05) is 5.32 Å².